The third-order valence-electron chi connectivity index (χ3n) is 4.44. The van der Waals surface area contributed by atoms with Crippen molar-refractivity contribution in [1.82, 2.24) is 15.0 Å². The minimum Gasteiger partial charge on any atom is -0.334 e. The number of carbonyl (C=O) groups excluding carboxylic acids is 1. The molecule has 1 N–H and O–H groups in total. The number of aromatic nitrogens is 2. The van der Waals surface area contributed by atoms with E-state index in [2.05, 4.69) is 15.5 Å². The maximum atomic E-state index is 12.4. The first-order valence-corrected chi connectivity index (χ1v) is 8.99. The Kier molecular flexibility index (Phi) is 5.76. The predicted molar refractivity (Wildman–Crippen MR) is 106 cm³/mol. The fourth-order valence-corrected chi connectivity index (χ4v) is 2.78. The van der Waals surface area contributed by atoms with Gasteiger partial charge in [0.2, 0.25) is 0 Å². The van der Waals surface area contributed by atoms with E-state index in [4.69, 9.17) is 16.1 Å². The summed E-state index contributed by atoms with van der Waals surface area (Å²) in [5.41, 5.74) is 3.70. The number of urea groups is 1. The fraction of sp³-hybridized carbons (Fsp3) is 0.250. The maximum absolute atomic E-state index is 12.4. The molecule has 7 heteroatoms. The summed E-state index contributed by atoms with van der Waals surface area (Å²) >= 11 is 6.15. The molecule has 6 nitrogen and oxygen atoms in total. The van der Waals surface area contributed by atoms with Crippen LogP contribution in [0.3, 0.4) is 0 Å². The van der Waals surface area contributed by atoms with Gasteiger partial charge in [-0.3, -0.25) is 0 Å². The number of likely N-dealkylation sites (N-methyl/N-ethyl adjacent to an activating group) is 1. The highest BCUT2D eigenvalue weighted by Crippen LogP contribution is 2.25. The van der Waals surface area contributed by atoms with E-state index in [9.17, 15) is 4.79 Å². The van der Waals surface area contributed by atoms with E-state index in [-0.39, 0.29) is 6.03 Å². The normalized spacial score (nSPS) is 10.7. The van der Waals surface area contributed by atoms with Crippen LogP contribution in [-0.4, -0.2) is 34.7 Å². The third-order valence-corrected chi connectivity index (χ3v) is 4.77. The molecule has 0 aliphatic heterocycles. The van der Waals surface area contributed by atoms with Crippen LogP contribution >= 0.6 is 11.6 Å². The van der Waals surface area contributed by atoms with Crippen molar-refractivity contribution in [1.29, 1.82) is 0 Å². The first kappa shape index (κ1) is 18.9. The van der Waals surface area contributed by atoms with E-state index in [0.29, 0.717) is 35.3 Å². The Morgan fingerprint density at radius 1 is 1.19 bits per heavy atom. The summed E-state index contributed by atoms with van der Waals surface area (Å²) in [5, 5.41) is 7.46. The van der Waals surface area contributed by atoms with Gasteiger partial charge in [0, 0.05) is 25.7 Å². The van der Waals surface area contributed by atoms with Crippen molar-refractivity contribution in [2.75, 3.05) is 18.9 Å². The molecule has 1 aromatic heterocycles. The number of nitrogens with one attached hydrogen (secondary N) is 1. The highest BCUT2D eigenvalue weighted by atomic mass is 35.5. The first-order chi connectivity index (χ1) is 13.0. The zero-order valence-electron chi connectivity index (χ0n) is 15.5. The standard InChI is InChI=1S/C20H21ClN4O2/c1-13-7-6-10-17(14(13)2)22-20(26)25(3)12-11-18-23-19(27-24-18)15-8-4-5-9-16(15)21/h4-10H,11-12H2,1-3H3,(H,22,26). The zero-order chi connectivity index (χ0) is 19.4. The molecular formula is C20H21ClN4O2. The van der Waals surface area contributed by atoms with E-state index in [1.165, 1.54) is 0 Å². The molecule has 0 fully saturated rings. The van der Waals surface area contributed by atoms with Crippen molar-refractivity contribution >= 4 is 23.3 Å². The van der Waals surface area contributed by atoms with E-state index in [1.54, 1.807) is 18.0 Å². The van der Waals surface area contributed by atoms with Crippen LogP contribution in [0.4, 0.5) is 10.5 Å². The monoisotopic (exact) mass is 384 g/mol. The number of anilines is 1. The summed E-state index contributed by atoms with van der Waals surface area (Å²) in [6, 6.07) is 12.9. The molecule has 3 aromatic rings. The minimum absolute atomic E-state index is 0.182. The molecule has 2 amide bonds. The number of hydrogen-bond donors (Lipinski definition) is 1. The van der Waals surface area contributed by atoms with Gasteiger partial charge in [-0.1, -0.05) is 41.0 Å². The smallest absolute Gasteiger partial charge is 0.321 e. The van der Waals surface area contributed by atoms with Gasteiger partial charge in [0.25, 0.3) is 5.89 Å². The molecule has 0 saturated carbocycles. The Morgan fingerprint density at radius 3 is 2.74 bits per heavy atom. The number of carbonyl (C=O) groups is 1. The van der Waals surface area contributed by atoms with Gasteiger partial charge in [-0.05, 0) is 43.2 Å². The Balaban J connectivity index is 1.59. The van der Waals surface area contributed by atoms with Crippen molar-refractivity contribution in [3.63, 3.8) is 0 Å². The van der Waals surface area contributed by atoms with Gasteiger partial charge < -0.3 is 14.7 Å². The predicted octanol–water partition coefficient (Wildman–Crippen LogP) is 4.71. The first-order valence-electron chi connectivity index (χ1n) is 8.61. The molecule has 0 aliphatic rings. The lowest BCUT2D eigenvalue weighted by Crippen LogP contribution is -2.33. The third kappa shape index (κ3) is 4.46. The second-order valence-electron chi connectivity index (χ2n) is 6.34. The minimum atomic E-state index is -0.182. The van der Waals surface area contributed by atoms with Gasteiger partial charge in [0.15, 0.2) is 5.82 Å². The van der Waals surface area contributed by atoms with Gasteiger partial charge in [0.05, 0.1) is 10.6 Å². The van der Waals surface area contributed by atoms with Crippen molar-refractivity contribution in [2.24, 2.45) is 0 Å². The van der Waals surface area contributed by atoms with Gasteiger partial charge in [-0.15, -0.1) is 0 Å². The van der Waals surface area contributed by atoms with Crippen molar-refractivity contribution in [2.45, 2.75) is 20.3 Å². The van der Waals surface area contributed by atoms with Crippen molar-refractivity contribution < 1.29 is 9.32 Å². The lowest BCUT2D eigenvalue weighted by molar-refractivity contribution is 0.222. The number of benzene rings is 2. The van der Waals surface area contributed by atoms with E-state index in [1.807, 2.05) is 50.2 Å². The number of rotatable bonds is 5. The Bertz CT molecular complexity index is 955. The van der Waals surface area contributed by atoms with Crippen LogP contribution in [0.1, 0.15) is 17.0 Å². The summed E-state index contributed by atoms with van der Waals surface area (Å²) in [7, 11) is 1.73. The van der Waals surface area contributed by atoms with Crippen LogP contribution in [0.2, 0.25) is 5.02 Å². The van der Waals surface area contributed by atoms with Crippen molar-refractivity contribution in [3.8, 4) is 11.5 Å². The lowest BCUT2D eigenvalue weighted by Gasteiger charge is -2.18. The number of halogens is 1. The molecule has 140 valence electrons. The second-order valence-corrected chi connectivity index (χ2v) is 6.75. The average Bonchev–Trinajstić information content (AvgIpc) is 3.12. The van der Waals surface area contributed by atoms with Gasteiger partial charge in [-0.25, -0.2) is 4.79 Å². The van der Waals surface area contributed by atoms with Crippen LogP contribution in [-0.2, 0) is 6.42 Å². The molecule has 0 aliphatic carbocycles. The number of amides is 2. The lowest BCUT2D eigenvalue weighted by atomic mass is 10.1. The fourth-order valence-electron chi connectivity index (χ4n) is 2.57. The maximum Gasteiger partial charge on any atom is 0.321 e. The van der Waals surface area contributed by atoms with Crippen LogP contribution < -0.4 is 5.32 Å². The molecule has 0 bridgehead atoms. The van der Waals surface area contributed by atoms with Crippen LogP contribution in [0.15, 0.2) is 47.0 Å². The summed E-state index contributed by atoms with van der Waals surface area (Å²) in [4.78, 5) is 18.4. The quantitative estimate of drug-likeness (QED) is 0.691. The topological polar surface area (TPSA) is 71.3 Å². The van der Waals surface area contributed by atoms with Gasteiger partial charge >= 0.3 is 6.03 Å². The van der Waals surface area contributed by atoms with E-state index in [0.717, 1.165) is 16.8 Å². The second kappa shape index (κ2) is 8.22. The molecule has 0 unspecified atom stereocenters. The Morgan fingerprint density at radius 2 is 1.96 bits per heavy atom. The average molecular weight is 385 g/mol. The molecule has 1 heterocycles. The van der Waals surface area contributed by atoms with Gasteiger partial charge in [-0.2, -0.15) is 4.98 Å². The summed E-state index contributed by atoms with van der Waals surface area (Å²) in [5.74, 6) is 0.898. The Hall–Kier alpha value is -2.86. The highest BCUT2D eigenvalue weighted by Gasteiger charge is 2.14. The van der Waals surface area contributed by atoms with Crippen molar-refractivity contribution in [3.05, 3.63) is 64.4 Å². The largest absolute Gasteiger partial charge is 0.334 e. The van der Waals surface area contributed by atoms with Crippen LogP contribution in [0, 0.1) is 13.8 Å². The molecule has 0 saturated heterocycles. The summed E-state index contributed by atoms with van der Waals surface area (Å²) in [6.07, 6.45) is 0.477. The Labute approximate surface area is 163 Å². The van der Waals surface area contributed by atoms with E-state index >= 15 is 0 Å². The molecular weight excluding hydrogens is 364 g/mol. The molecule has 0 atom stereocenters. The molecule has 27 heavy (non-hydrogen) atoms. The van der Waals surface area contributed by atoms with Gasteiger partial charge in [0.1, 0.15) is 0 Å². The van der Waals surface area contributed by atoms with Crippen LogP contribution in [0.25, 0.3) is 11.5 Å². The zero-order valence-corrected chi connectivity index (χ0v) is 16.2. The number of aryl methyl sites for hydroxylation is 1. The molecule has 3 rings (SSSR count). The van der Waals surface area contributed by atoms with E-state index < -0.39 is 0 Å². The molecule has 2 aromatic carbocycles. The summed E-state index contributed by atoms with van der Waals surface area (Å²) < 4.78 is 5.28. The SMILES string of the molecule is Cc1cccc(NC(=O)N(C)CCc2noc(-c3ccccc3Cl)n2)c1C. The highest BCUT2D eigenvalue weighted by molar-refractivity contribution is 6.33. The number of nitrogens with zero attached hydrogens (tertiary/aromatic N) is 3. The molecule has 0 spiro atoms. The number of hydrogen-bond acceptors (Lipinski definition) is 4. The molecule has 0 radical (unpaired) electrons. The van der Waals surface area contributed by atoms with Crippen LogP contribution in [0.5, 0.6) is 0 Å². The summed E-state index contributed by atoms with van der Waals surface area (Å²) in [6.45, 7) is 4.46.